The molecule has 1 amide bonds. The fraction of sp³-hybridized carbons (Fsp3) is 0.471. The van der Waals surface area contributed by atoms with Crippen LogP contribution < -0.4 is 0 Å². The van der Waals surface area contributed by atoms with Crippen molar-refractivity contribution in [1.82, 2.24) is 9.88 Å². The molecule has 1 saturated heterocycles. The maximum atomic E-state index is 12.2. The monoisotopic (exact) mass is 268 g/mol. The van der Waals surface area contributed by atoms with Crippen LogP contribution in [0.2, 0.25) is 0 Å². The fourth-order valence-electron chi connectivity index (χ4n) is 3.96. The highest BCUT2D eigenvalue weighted by atomic mass is 16.2. The van der Waals surface area contributed by atoms with Gasteiger partial charge in [0.1, 0.15) is 0 Å². The van der Waals surface area contributed by atoms with Gasteiger partial charge in [-0.1, -0.05) is 19.1 Å². The van der Waals surface area contributed by atoms with Gasteiger partial charge in [0.2, 0.25) is 5.91 Å². The standard InChI is InChI=1S/C17H20N2O/c1-10-3-5-12-13-7-8-19-15(20)6-4-11(2)17(19)16(13)18-14(12)9-10/h3,5,9,11,17-18H,4,6-8H2,1-2H3/t11-,17-/m1/s1. The van der Waals surface area contributed by atoms with E-state index in [1.165, 1.54) is 27.7 Å². The maximum Gasteiger partial charge on any atom is 0.223 e. The van der Waals surface area contributed by atoms with Crippen molar-refractivity contribution in [3.8, 4) is 0 Å². The second kappa shape index (κ2) is 4.11. The summed E-state index contributed by atoms with van der Waals surface area (Å²) in [5.41, 5.74) is 5.22. The number of aryl methyl sites for hydroxylation is 1. The largest absolute Gasteiger partial charge is 0.356 e. The quantitative estimate of drug-likeness (QED) is 0.781. The lowest BCUT2D eigenvalue weighted by Crippen LogP contribution is -2.45. The highest BCUT2D eigenvalue weighted by molar-refractivity contribution is 5.87. The normalized spacial score (nSPS) is 25.7. The molecule has 20 heavy (non-hydrogen) atoms. The Morgan fingerprint density at radius 2 is 2.15 bits per heavy atom. The molecular formula is C17H20N2O. The molecule has 2 aromatic rings. The van der Waals surface area contributed by atoms with E-state index in [1.54, 1.807) is 0 Å². The number of rotatable bonds is 0. The number of hydrogen-bond donors (Lipinski definition) is 1. The summed E-state index contributed by atoms with van der Waals surface area (Å²) in [7, 11) is 0. The van der Waals surface area contributed by atoms with Gasteiger partial charge in [-0.25, -0.2) is 0 Å². The predicted octanol–water partition coefficient (Wildman–Crippen LogP) is 3.33. The van der Waals surface area contributed by atoms with Gasteiger partial charge in [0.25, 0.3) is 0 Å². The Morgan fingerprint density at radius 1 is 1.30 bits per heavy atom. The van der Waals surface area contributed by atoms with Gasteiger partial charge in [-0.2, -0.15) is 0 Å². The van der Waals surface area contributed by atoms with Crippen LogP contribution in [-0.2, 0) is 11.2 Å². The summed E-state index contributed by atoms with van der Waals surface area (Å²) in [5, 5.41) is 1.34. The van der Waals surface area contributed by atoms with E-state index in [0.29, 0.717) is 18.2 Å². The number of piperidine rings is 1. The molecule has 1 aromatic heterocycles. The van der Waals surface area contributed by atoms with Crippen LogP contribution in [0.1, 0.15) is 42.6 Å². The van der Waals surface area contributed by atoms with Gasteiger partial charge in [-0.15, -0.1) is 0 Å². The third-order valence-corrected chi connectivity index (χ3v) is 5.00. The molecule has 2 atom stereocenters. The first-order valence-electron chi connectivity index (χ1n) is 7.55. The Morgan fingerprint density at radius 3 is 3.00 bits per heavy atom. The molecule has 1 N–H and O–H groups in total. The lowest BCUT2D eigenvalue weighted by molar-refractivity contribution is -0.139. The van der Waals surface area contributed by atoms with E-state index in [2.05, 4.69) is 41.9 Å². The molecule has 3 heteroatoms. The zero-order valence-corrected chi connectivity index (χ0v) is 12.1. The summed E-state index contributed by atoms with van der Waals surface area (Å²) in [6.07, 6.45) is 2.70. The smallest absolute Gasteiger partial charge is 0.223 e. The predicted molar refractivity (Wildman–Crippen MR) is 79.6 cm³/mol. The summed E-state index contributed by atoms with van der Waals surface area (Å²) in [6.45, 7) is 5.27. The third-order valence-electron chi connectivity index (χ3n) is 5.00. The molecule has 104 valence electrons. The fourth-order valence-corrected chi connectivity index (χ4v) is 3.96. The summed E-state index contributed by atoms with van der Waals surface area (Å²) >= 11 is 0. The molecule has 0 spiro atoms. The second-order valence-corrected chi connectivity index (χ2v) is 6.36. The average Bonchev–Trinajstić information content (AvgIpc) is 2.79. The Bertz CT molecular complexity index is 700. The number of nitrogens with zero attached hydrogens (tertiary/aromatic N) is 1. The lowest BCUT2D eigenvalue weighted by Gasteiger charge is -2.42. The van der Waals surface area contributed by atoms with Crippen LogP contribution in [0, 0.1) is 12.8 Å². The highest BCUT2D eigenvalue weighted by Gasteiger charge is 2.39. The molecule has 1 aromatic carbocycles. The topological polar surface area (TPSA) is 36.1 Å². The number of benzene rings is 1. The molecule has 4 rings (SSSR count). The van der Waals surface area contributed by atoms with Gasteiger partial charge in [0, 0.05) is 29.6 Å². The molecule has 2 aliphatic rings. The average molecular weight is 268 g/mol. The summed E-state index contributed by atoms with van der Waals surface area (Å²) in [6, 6.07) is 6.88. The third kappa shape index (κ3) is 1.55. The SMILES string of the molecule is Cc1ccc2c3c([nH]c2c1)[C@H]1[C@H](C)CCC(=O)N1CC3. The van der Waals surface area contributed by atoms with Crippen LogP contribution >= 0.6 is 0 Å². The van der Waals surface area contributed by atoms with Crippen molar-refractivity contribution in [3.05, 3.63) is 35.0 Å². The summed E-state index contributed by atoms with van der Waals surface area (Å²) in [4.78, 5) is 17.9. The van der Waals surface area contributed by atoms with Crippen LogP contribution in [0.15, 0.2) is 18.2 Å². The van der Waals surface area contributed by atoms with Crippen LogP contribution in [0.4, 0.5) is 0 Å². The van der Waals surface area contributed by atoms with Gasteiger partial charge in [0.15, 0.2) is 0 Å². The molecule has 3 nitrogen and oxygen atoms in total. The van der Waals surface area contributed by atoms with Crippen LogP contribution in [0.5, 0.6) is 0 Å². The Hall–Kier alpha value is -1.77. The summed E-state index contributed by atoms with van der Waals surface area (Å²) in [5.74, 6) is 0.870. The first kappa shape index (κ1) is 12.0. The molecular weight excluding hydrogens is 248 g/mol. The van der Waals surface area contributed by atoms with Crippen molar-refractivity contribution in [1.29, 1.82) is 0 Å². The van der Waals surface area contributed by atoms with Crippen molar-refractivity contribution in [3.63, 3.8) is 0 Å². The van der Waals surface area contributed by atoms with E-state index < -0.39 is 0 Å². The van der Waals surface area contributed by atoms with E-state index in [0.717, 1.165) is 19.4 Å². The summed E-state index contributed by atoms with van der Waals surface area (Å²) < 4.78 is 0. The van der Waals surface area contributed by atoms with Crippen molar-refractivity contribution >= 4 is 16.8 Å². The van der Waals surface area contributed by atoms with Crippen molar-refractivity contribution in [2.24, 2.45) is 5.92 Å². The Kier molecular flexibility index (Phi) is 2.47. The van der Waals surface area contributed by atoms with E-state index >= 15 is 0 Å². The van der Waals surface area contributed by atoms with E-state index in [1.807, 2.05) is 0 Å². The molecule has 3 heterocycles. The van der Waals surface area contributed by atoms with Crippen molar-refractivity contribution in [2.45, 2.75) is 39.2 Å². The minimum Gasteiger partial charge on any atom is -0.356 e. The van der Waals surface area contributed by atoms with E-state index in [4.69, 9.17) is 0 Å². The molecule has 2 aliphatic heterocycles. The number of amides is 1. The second-order valence-electron chi connectivity index (χ2n) is 6.36. The van der Waals surface area contributed by atoms with E-state index in [9.17, 15) is 4.79 Å². The first-order valence-corrected chi connectivity index (χ1v) is 7.55. The van der Waals surface area contributed by atoms with Gasteiger partial charge >= 0.3 is 0 Å². The van der Waals surface area contributed by atoms with E-state index in [-0.39, 0.29) is 6.04 Å². The number of aromatic amines is 1. The van der Waals surface area contributed by atoms with Crippen LogP contribution in [0.3, 0.4) is 0 Å². The minimum absolute atomic E-state index is 0.257. The Labute approximate surface area is 119 Å². The number of hydrogen-bond acceptors (Lipinski definition) is 1. The Balaban J connectivity index is 1.91. The maximum absolute atomic E-state index is 12.2. The van der Waals surface area contributed by atoms with Crippen molar-refractivity contribution in [2.75, 3.05) is 6.54 Å². The van der Waals surface area contributed by atoms with Gasteiger partial charge < -0.3 is 9.88 Å². The molecule has 0 radical (unpaired) electrons. The highest BCUT2D eigenvalue weighted by Crippen LogP contribution is 2.42. The number of nitrogens with one attached hydrogen (secondary N) is 1. The molecule has 0 bridgehead atoms. The van der Waals surface area contributed by atoms with Crippen LogP contribution in [0.25, 0.3) is 10.9 Å². The zero-order chi connectivity index (χ0) is 13.9. The molecule has 0 saturated carbocycles. The number of fused-ring (bicyclic) bond motifs is 5. The van der Waals surface area contributed by atoms with Crippen molar-refractivity contribution < 1.29 is 4.79 Å². The van der Waals surface area contributed by atoms with Gasteiger partial charge in [0.05, 0.1) is 6.04 Å². The minimum atomic E-state index is 0.257. The first-order chi connectivity index (χ1) is 9.65. The zero-order valence-electron chi connectivity index (χ0n) is 12.1. The number of carbonyl (C=O) groups is 1. The molecule has 0 aliphatic carbocycles. The van der Waals surface area contributed by atoms with Gasteiger partial charge in [-0.05, 0) is 42.9 Å². The molecule has 0 unspecified atom stereocenters. The molecule has 1 fully saturated rings. The number of aromatic nitrogens is 1. The van der Waals surface area contributed by atoms with Crippen LogP contribution in [-0.4, -0.2) is 22.3 Å². The lowest BCUT2D eigenvalue weighted by atomic mass is 9.83. The number of H-pyrrole nitrogens is 1. The van der Waals surface area contributed by atoms with Gasteiger partial charge in [-0.3, -0.25) is 4.79 Å². The number of carbonyl (C=O) groups excluding carboxylic acids is 1.